The topological polar surface area (TPSA) is 81.7 Å². The molecule has 1 amide bonds. The quantitative estimate of drug-likeness (QED) is 0.803. The molecule has 0 radical (unpaired) electrons. The second kappa shape index (κ2) is 8.59. The maximum Gasteiger partial charge on any atom is 0.328 e. The van der Waals surface area contributed by atoms with Crippen molar-refractivity contribution in [3.05, 3.63) is 35.9 Å². The molecule has 0 heterocycles. The second-order valence-corrected chi connectivity index (χ2v) is 5.93. The Morgan fingerprint density at radius 1 is 1.21 bits per heavy atom. The van der Waals surface area contributed by atoms with Crippen LogP contribution >= 0.6 is 0 Å². The van der Waals surface area contributed by atoms with Crippen molar-refractivity contribution in [1.29, 1.82) is 0 Å². The Kier molecular flexibility index (Phi) is 6.49. The molecule has 6 nitrogen and oxygen atoms in total. The number of nitrogens with one attached hydrogen (secondary N) is 1. The molecule has 1 aliphatic carbocycles. The van der Waals surface area contributed by atoms with E-state index in [1.54, 1.807) is 12.1 Å². The van der Waals surface area contributed by atoms with E-state index in [0.717, 1.165) is 6.42 Å². The van der Waals surface area contributed by atoms with Crippen LogP contribution in [0.15, 0.2) is 30.3 Å². The van der Waals surface area contributed by atoms with Gasteiger partial charge in [0.1, 0.15) is 11.8 Å². The molecule has 0 spiro atoms. The van der Waals surface area contributed by atoms with E-state index >= 15 is 0 Å². The summed E-state index contributed by atoms with van der Waals surface area (Å²) in [7, 11) is 2.71. The molecule has 0 unspecified atom stereocenters. The number of carbonyl (C=O) groups excluding carboxylic acids is 3. The summed E-state index contributed by atoms with van der Waals surface area (Å²) in [6.07, 6.45) is 1.41. The zero-order chi connectivity index (χ0) is 17.5. The first-order chi connectivity index (χ1) is 11.6. The third-order valence-electron chi connectivity index (χ3n) is 4.32. The van der Waals surface area contributed by atoms with Crippen molar-refractivity contribution in [2.45, 2.75) is 37.8 Å². The largest absolute Gasteiger partial charge is 0.467 e. The summed E-state index contributed by atoms with van der Waals surface area (Å²) >= 11 is 0. The minimum Gasteiger partial charge on any atom is -0.467 e. The number of rotatable bonds is 6. The van der Waals surface area contributed by atoms with Gasteiger partial charge < -0.3 is 14.8 Å². The number of methoxy groups -OCH3 is 2. The summed E-state index contributed by atoms with van der Waals surface area (Å²) in [4.78, 5) is 36.4. The predicted octanol–water partition coefficient (Wildman–Crippen LogP) is 1.79. The summed E-state index contributed by atoms with van der Waals surface area (Å²) in [6.45, 7) is 0. The summed E-state index contributed by atoms with van der Waals surface area (Å²) in [5, 5.41) is 2.72. The minimum absolute atomic E-state index is 0.112. The lowest BCUT2D eigenvalue weighted by molar-refractivity contribution is -0.149. The molecule has 6 heteroatoms. The van der Waals surface area contributed by atoms with Gasteiger partial charge in [-0.05, 0) is 24.3 Å². The third-order valence-corrected chi connectivity index (χ3v) is 4.32. The molecule has 0 saturated heterocycles. The Hall–Kier alpha value is -2.21. The minimum atomic E-state index is -0.840. The lowest BCUT2D eigenvalue weighted by atomic mass is 9.83. The number of ketones is 1. The van der Waals surface area contributed by atoms with E-state index in [9.17, 15) is 14.4 Å². The lowest BCUT2D eigenvalue weighted by Gasteiger charge is -2.29. The summed E-state index contributed by atoms with van der Waals surface area (Å²) in [5.41, 5.74) is 0.695. The molecule has 1 N–H and O–H groups in total. The van der Waals surface area contributed by atoms with Crippen LogP contribution in [0.3, 0.4) is 0 Å². The first kappa shape index (κ1) is 18.1. The predicted molar refractivity (Wildman–Crippen MR) is 87.1 cm³/mol. The monoisotopic (exact) mass is 333 g/mol. The standard InChI is InChI=1S/C18H23NO5/c1-23-16(12-7-4-3-5-8-12)17(21)19-15(18(22)24-2)13-9-6-10-14(20)11-13/h3-5,7-8,13,15-16H,6,9-11H2,1-2H3,(H,19,21)/t13-,15+,16-/m0/s1. The highest BCUT2D eigenvalue weighted by Gasteiger charge is 2.35. The van der Waals surface area contributed by atoms with Crippen molar-refractivity contribution in [2.75, 3.05) is 14.2 Å². The molecule has 24 heavy (non-hydrogen) atoms. The van der Waals surface area contributed by atoms with Crippen LogP contribution in [0.1, 0.15) is 37.4 Å². The summed E-state index contributed by atoms with van der Waals surface area (Å²) < 4.78 is 10.1. The lowest BCUT2D eigenvalue weighted by Crippen LogP contribution is -2.49. The van der Waals surface area contributed by atoms with Crippen LogP contribution in [-0.2, 0) is 23.9 Å². The number of carbonyl (C=O) groups is 3. The van der Waals surface area contributed by atoms with Crippen LogP contribution in [0.25, 0.3) is 0 Å². The van der Waals surface area contributed by atoms with E-state index < -0.39 is 24.0 Å². The Morgan fingerprint density at radius 2 is 1.92 bits per heavy atom. The molecule has 1 fully saturated rings. The number of esters is 1. The Morgan fingerprint density at radius 3 is 2.50 bits per heavy atom. The molecular weight excluding hydrogens is 310 g/mol. The zero-order valence-corrected chi connectivity index (χ0v) is 14.0. The fourth-order valence-electron chi connectivity index (χ4n) is 3.09. The van der Waals surface area contributed by atoms with Gasteiger partial charge in [0.05, 0.1) is 7.11 Å². The fraction of sp³-hybridized carbons (Fsp3) is 0.500. The van der Waals surface area contributed by atoms with Gasteiger partial charge in [-0.25, -0.2) is 4.79 Å². The average Bonchev–Trinajstić information content (AvgIpc) is 2.60. The molecule has 1 aromatic rings. The first-order valence-electron chi connectivity index (χ1n) is 8.04. The highest BCUT2D eigenvalue weighted by atomic mass is 16.5. The van der Waals surface area contributed by atoms with Crippen LogP contribution < -0.4 is 5.32 Å². The zero-order valence-electron chi connectivity index (χ0n) is 14.0. The number of ether oxygens (including phenoxy) is 2. The van der Waals surface area contributed by atoms with Gasteiger partial charge in [-0.15, -0.1) is 0 Å². The normalized spacial score (nSPS) is 20.1. The number of benzene rings is 1. The average molecular weight is 333 g/mol. The van der Waals surface area contributed by atoms with Gasteiger partial charge in [-0.2, -0.15) is 0 Å². The Bertz CT molecular complexity index is 586. The van der Waals surface area contributed by atoms with E-state index in [1.165, 1.54) is 14.2 Å². The third kappa shape index (κ3) is 4.41. The molecule has 1 saturated carbocycles. The Balaban J connectivity index is 2.14. The molecule has 3 atom stereocenters. The maximum absolute atomic E-state index is 12.6. The van der Waals surface area contributed by atoms with E-state index in [2.05, 4.69) is 5.32 Å². The van der Waals surface area contributed by atoms with Crippen LogP contribution in [0.2, 0.25) is 0 Å². The van der Waals surface area contributed by atoms with Crippen molar-refractivity contribution in [2.24, 2.45) is 5.92 Å². The van der Waals surface area contributed by atoms with Crippen molar-refractivity contribution in [3.63, 3.8) is 0 Å². The summed E-state index contributed by atoms with van der Waals surface area (Å²) in [5.74, 6) is -1.08. The van der Waals surface area contributed by atoms with Gasteiger partial charge in [0.2, 0.25) is 0 Å². The van der Waals surface area contributed by atoms with Gasteiger partial charge in [0.25, 0.3) is 5.91 Å². The molecular formula is C18H23NO5. The van der Waals surface area contributed by atoms with Crippen LogP contribution in [0, 0.1) is 5.92 Å². The van der Waals surface area contributed by atoms with Gasteiger partial charge in [-0.1, -0.05) is 30.3 Å². The van der Waals surface area contributed by atoms with Crippen LogP contribution in [0.4, 0.5) is 0 Å². The smallest absolute Gasteiger partial charge is 0.328 e. The highest BCUT2D eigenvalue weighted by molar-refractivity contribution is 5.89. The molecule has 130 valence electrons. The van der Waals surface area contributed by atoms with Crippen molar-refractivity contribution in [1.82, 2.24) is 5.32 Å². The van der Waals surface area contributed by atoms with Crippen molar-refractivity contribution < 1.29 is 23.9 Å². The van der Waals surface area contributed by atoms with Crippen LogP contribution in [0.5, 0.6) is 0 Å². The number of hydrogen-bond acceptors (Lipinski definition) is 5. The van der Waals surface area contributed by atoms with Gasteiger partial charge in [0, 0.05) is 20.0 Å². The maximum atomic E-state index is 12.6. The molecule has 2 rings (SSSR count). The molecule has 0 aromatic heterocycles. The number of hydrogen-bond donors (Lipinski definition) is 1. The van der Waals surface area contributed by atoms with E-state index in [1.807, 2.05) is 18.2 Å². The number of amides is 1. The summed E-state index contributed by atoms with van der Waals surface area (Å²) in [6, 6.07) is 8.20. The van der Waals surface area contributed by atoms with E-state index in [0.29, 0.717) is 18.4 Å². The Labute approximate surface area is 141 Å². The van der Waals surface area contributed by atoms with Crippen molar-refractivity contribution in [3.8, 4) is 0 Å². The van der Waals surface area contributed by atoms with E-state index in [-0.39, 0.29) is 18.1 Å². The fourth-order valence-corrected chi connectivity index (χ4v) is 3.09. The van der Waals surface area contributed by atoms with E-state index in [4.69, 9.17) is 9.47 Å². The molecule has 1 aliphatic rings. The van der Waals surface area contributed by atoms with Gasteiger partial charge in [-0.3, -0.25) is 9.59 Å². The molecule has 1 aromatic carbocycles. The second-order valence-electron chi connectivity index (χ2n) is 5.93. The first-order valence-corrected chi connectivity index (χ1v) is 8.04. The number of Topliss-reactive ketones (excluding diaryl/α,β-unsaturated/α-hetero) is 1. The van der Waals surface area contributed by atoms with Gasteiger partial charge >= 0.3 is 5.97 Å². The SMILES string of the molecule is COC(=O)[C@H](NC(=O)[C@@H](OC)c1ccccc1)[C@H]1CCCC(=O)C1. The highest BCUT2D eigenvalue weighted by Crippen LogP contribution is 2.26. The molecule has 0 aliphatic heterocycles. The van der Waals surface area contributed by atoms with Gasteiger partial charge in [0.15, 0.2) is 6.10 Å². The molecule has 0 bridgehead atoms. The van der Waals surface area contributed by atoms with Crippen LogP contribution in [-0.4, -0.2) is 37.9 Å². The van der Waals surface area contributed by atoms with Crippen molar-refractivity contribution >= 4 is 17.7 Å².